The molecule has 7 nitrogen and oxygen atoms in total. The Balaban J connectivity index is 1.61. The average molecular weight is 427 g/mol. The van der Waals surface area contributed by atoms with Gasteiger partial charge in [0.15, 0.2) is 17.1 Å². The molecule has 1 atom stereocenters. The Labute approximate surface area is 180 Å². The quantitative estimate of drug-likeness (QED) is 0.541. The summed E-state index contributed by atoms with van der Waals surface area (Å²) < 4.78 is 13.2. The smallest absolute Gasteiger partial charge is 0.234 e. The van der Waals surface area contributed by atoms with Crippen LogP contribution >= 0.6 is 11.8 Å². The van der Waals surface area contributed by atoms with Gasteiger partial charge in [-0.1, -0.05) is 41.6 Å². The zero-order valence-corrected chi connectivity index (χ0v) is 18.6. The molecular weight excluding hydrogens is 400 g/mol. The van der Waals surface area contributed by atoms with E-state index in [1.54, 1.807) is 19.2 Å². The van der Waals surface area contributed by atoms with Crippen molar-refractivity contribution in [2.24, 2.45) is 7.05 Å². The number of methoxy groups -OCH3 is 1. The summed E-state index contributed by atoms with van der Waals surface area (Å²) in [6.07, 6.45) is -0.277. The molecule has 0 radical (unpaired) electrons. The van der Waals surface area contributed by atoms with Crippen LogP contribution in [0.1, 0.15) is 30.0 Å². The monoisotopic (exact) mass is 426 g/mol. The molecule has 0 bridgehead atoms. The van der Waals surface area contributed by atoms with Gasteiger partial charge < -0.3 is 19.4 Å². The molecule has 8 heteroatoms. The van der Waals surface area contributed by atoms with Gasteiger partial charge in [0, 0.05) is 7.05 Å². The Morgan fingerprint density at radius 1 is 1.17 bits per heavy atom. The highest BCUT2D eigenvalue weighted by Gasteiger charge is 2.19. The first kappa shape index (κ1) is 21.7. The summed E-state index contributed by atoms with van der Waals surface area (Å²) in [5, 5.41) is 12.0. The number of carbonyl (C=O) groups excluding carboxylic acids is 1. The van der Waals surface area contributed by atoms with Gasteiger partial charge in [-0.25, -0.2) is 0 Å². The van der Waals surface area contributed by atoms with Gasteiger partial charge in [-0.05, 0) is 44.5 Å². The highest BCUT2D eigenvalue weighted by molar-refractivity contribution is 7.99. The van der Waals surface area contributed by atoms with E-state index in [2.05, 4.69) is 28.5 Å². The lowest BCUT2D eigenvalue weighted by atomic mass is 10.1. The maximum absolute atomic E-state index is 12.3. The Morgan fingerprint density at radius 2 is 1.93 bits per heavy atom. The van der Waals surface area contributed by atoms with Crippen LogP contribution in [0.4, 0.5) is 5.69 Å². The van der Waals surface area contributed by atoms with Crippen LogP contribution < -0.4 is 14.8 Å². The highest BCUT2D eigenvalue weighted by atomic mass is 32.2. The van der Waals surface area contributed by atoms with Gasteiger partial charge in [-0.2, -0.15) is 0 Å². The first-order valence-electron chi connectivity index (χ1n) is 9.58. The fourth-order valence-corrected chi connectivity index (χ4v) is 3.76. The molecule has 0 saturated carbocycles. The molecule has 3 rings (SSSR count). The van der Waals surface area contributed by atoms with Crippen LogP contribution in [0.3, 0.4) is 0 Å². The lowest BCUT2D eigenvalue weighted by Gasteiger charge is -2.16. The second kappa shape index (κ2) is 9.67. The van der Waals surface area contributed by atoms with Crippen molar-refractivity contribution in [3.8, 4) is 11.5 Å². The second-order valence-corrected chi connectivity index (χ2v) is 7.91. The first-order valence-corrected chi connectivity index (χ1v) is 10.6. The number of carbonyl (C=O) groups is 1. The first-order chi connectivity index (χ1) is 14.4. The summed E-state index contributed by atoms with van der Waals surface area (Å²) >= 11 is 1.32. The molecule has 0 aliphatic rings. The molecule has 3 aromatic rings. The van der Waals surface area contributed by atoms with Gasteiger partial charge in [0.1, 0.15) is 11.5 Å². The van der Waals surface area contributed by atoms with Crippen molar-refractivity contribution >= 4 is 23.4 Å². The van der Waals surface area contributed by atoms with E-state index < -0.39 is 0 Å². The van der Waals surface area contributed by atoms with Gasteiger partial charge in [0.25, 0.3) is 0 Å². The molecule has 0 aliphatic heterocycles. The van der Waals surface area contributed by atoms with Crippen molar-refractivity contribution in [3.05, 3.63) is 59.4 Å². The van der Waals surface area contributed by atoms with Crippen molar-refractivity contribution in [3.63, 3.8) is 0 Å². The molecule has 1 unspecified atom stereocenters. The summed E-state index contributed by atoms with van der Waals surface area (Å²) in [6.45, 7) is 6.01. The van der Waals surface area contributed by atoms with Crippen LogP contribution in [-0.2, 0) is 11.8 Å². The van der Waals surface area contributed by atoms with E-state index in [-0.39, 0.29) is 17.8 Å². The number of thioether (sulfide) groups is 1. The van der Waals surface area contributed by atoms with Gasteiger partial charge in [0.05, 0.1) is 18.6 Å². The van der Waals surface area contributed by atoms with E-state index in [1.807, 2.05) is 49.7 Å². The van der Waals surface area contributed by atoms with Crippen molar-refractivity contribution in [2.75, 3.05) is 18.2 Å². The van der Waals surface area contributed by atoms with Crippen molar-refractivity contribution in [1.29, 1.82) is 0 Å². The Kier molecular flexibility index (Phi) is 6.99. The molecule has 0 saturated heterocycles. The van der Waals surface area contributed by atoms with Crippen LogP contribution in [0.15, 0.2) is 47.6 Å². The van der Waals surface area contributed by atoms with E-state index in [9.17, 15) is 4.79 Å². The van der Waals surface area contributed by atoms with Gasteiger partial charge in [0.2, 0.25) is 5.91 Å². The summed E-state index contributed by atoms with van der Waals surface area (Å²) in [5.41, 5.74) is 2.91. The number of rotatable bonds is 8. The van der Waals surface area contributed by atoms with Gasteiger partial charge >= 0.3 is 0 Å². The number of aryl methyl sites for hydroxylation is 2. The molecule has 158 valence electrons. The normalized spacial score (nSPS) is 11.8. The number of amides is 1. The molecule has 0 spiro atoms. The third-order valence-corrected chi connectivity index (χ3v) is 5.60. The van der Waals surface area contributed by atoms with Crippen molar-refractivity contribution in [2.45, 2.75) is 32.0 Å². The van der Waals surface area contributed by atoms with Crippen LogP contribution in [-0.4, -0.2) is 33.5 Å². The molecule has 2 aromatic carbocycles. The van der Waals surface area contributed by atoms with Crippen molar-refractivity contribution in [1.82, 2.24) is 14.8 Å². The Morgan fingerprint density at radius 3 is 2.67 bits per heavy atom. The minimum atomic E-state index is -0.277. The number of nitrogens with one attached hydrogen (secondary N) is 1. The zero-order chi connectivity index (χ0) is 21.7. The average Bonchev–Trinajstić information content (AvgIpc) is 3.09. The van der Waals surface area contributed by atoms with E-state index in [4.69, 9.17) is 9.47 Å². The Hall–Kier alpha value is -3.00. The number of nitrogens with zero attached hydrogens (tertiary/aromatic N) is 3. The van der Waals surface area contributed by atoms with E-state index in [1.165, 1.54) is 17.3 Å². The van der Waals surface area contributed by atoms with Gasteiger partial charge in [-0.3, -0.25) is 4.79 Å². The summed E-state index contributed by atoms with van der Waals surface area (Å²) in [7, 11) is 3.44. The number of para-hydroxylation sites is 2. The summed E-state index contributed by atoms with van der Waals surface area (Å²) in [4.78, 5) is 12.3. The SMILES string of the molecule is COc1ccccc1NC(=O)CSc1nnc(C(C)Oc2ccc(C)cc2C)n1C. The van der Waals surface area contributed by atoms with Crippen LogP contribution in [0.2, 0.25) is 0 Å². The minimum absolute atomic E-state index is 0.145. The number of hydrogen-bond acceptors (Lipinski definition) is 6. The zero-order valence-electron chi connectivity index (χ0n) is 17.8. The minimum Gasteiger partial charge on any atom is -0.495 e. The van der Waals surface area contributed by atoms with E-state index in [0.717, 1.165) is 11.3 Å². The van der Waals surface area contributed by atoms with Crippen LogP contribution in [0, 0.1) is 13.8 Å². The molecule has 1 heterocycles. The molecular formula is C22H26N4O3S. The molecule has 0 aliphatic carbocycles. The fourth-order valence-electron chi connectivity index (χ4n) is 3.04. The summed E-state index contributed by atoms with van der Waals surface area (Å²) in [5.74, 6) is 2.20. The third-order valence-electron chi connectivity index (χ3n) is 4.58. The van der Waals surface area contributed by atoms with Crippen LogP contribution in [0.25, 0.3) is 0 Å². The predicted molar refractivity (Wildman–Crippen MR) is 118 cm³/mol. The second-order valence-electron chi connectivity index (χ2n) is 6.97. The number of hydrogen-bond donors (Lipinski definition) is 1. The standard InChI is InChI=1S/C22H26N4O3S/c1-14-10-11-18(15(2)12-14)29-16(3)21-24-25-22(26(21)4)30-13-20(27)23-17-8-6-7-9-19(17)28-5/h6-12,16H,13H2,1-5H3,(H,23,27). The lowest BCUT2D eigenvalue weighted by molar-refractivity contribution is -0.113. The Bertz CT molecular complexity index is 1030. The summed E-state index contributed by atoms with van der Waals surface area (Å²) in [6, 6.07) is 13.4. The largest absolute Gasteiger partial charge is 0.495 e. The fraction of sp³-hybridized carbons (Fsp3) is 0.318. The maximum Gasteiger partial charge on any atom is 0.234 e. The topological polar surface area (TPSA) is 78.3 Å². The maximum atomic E-state index is 12.3. The van der Waals surface area contributed by atoms with Crippen LogP contribution in [0.5, 0.6) is 11.5 Å². The van der Waals surface area contributed by atoms with E-state index in [0.29, 0.717) is 22.4 Å². The molecule has 1 amide bonds. The van der Waals surface area contributed by atoms with Gasteiger partial charge in [-0.15, -0.1) is 10.2 Å². The lowest BCUT2D eigenvalue weighted by Crippen LogP contribution is -2.15. The molecule has 1 aromatic heterocycles. The number of ether oxygens (including phenoxy) is 2. The van der Waals surface area contributed by atoms with E-state index >= 15 is 0 Å². The third kappa shape index (κ3) is 5.13. The number of aromatic nitrogens is 3. The number of anilines is 1. The van der Waals surface area contributed by atoms with Crippen molar-refractivity contribution < 1.29 is 14.3 Å². The number of benzene rings is 2. The highest BCUT2D eigenvalue weighted by Crippen LogP contribution is 2.27. The predicted octanol–water partition coefficient (Wildman–Crippen LogP) is 4.31. The molecule has 1 N–H and O–H groups in total. The molecule has 0 fully saturated rings. The molecule has 30 heavy (non-hydrogen) atoms.